The van der Waals surface area contributed by atoms with Gasteiger partial charge in [-0.25, -0.2) is 4.98 Å². The molecule has 150 valence electrons. The summed E-state index contributed by atoms with van der Waals surface area (Å²) in [5.41, 5.74) is 2.17. The van der Waals surface area contributed by atoms with E-state index in [1.54, 1.807) is 32.4 Å². The standard InChI is InChI=1S/C19H15Br2N3O3S2/c1-26-15-5-3-10(7-12(15)20)14-9-29-19(22-14)24-18(28)23-17(25)11-4-6-16(27-2)13(21)8-11/h3-9H,1-2H3,(H2,22,23,24,25,28). The average molecular weight is 557 g/mol. The lowest BCUT2D eigenvalue weighted by molar-refractivity contribution is 0.0977. The molecule has 0 saturated carbocycles. The van der Waals surface area contributed by atoms with Gasteiger partial charge in [0.1, 0.15) is 11.5 Å². The van der Waals surface area contributed by atoms with Crippen LogP contribution in [-0.2, 0) is 0 Å². The van der Waals surface area contributed by atoms with Gasteiger partial charge in [-0.2, -0.15) is 0 Å². The number of hydrogen-bond acceptors (Lipinski definition) is 6. The number of methoxy groups -OCH3 is 2. The number of thiazole rings is 1. The van der Waals surface area contributed by atoms with E-state index < -0.39 is 0 Å². The third kappa shape index (κ3) is 5.33. The van der Waals surface area contributed by atoms with Gasteiger partial charge in [0.25, 0.3) is 5.91 Å². The zero-order valence-electron chi connectivity index (χ0n) is 15.3. The number of nitrogens with one attached hydrogen (secondary N) is 2. The highest BCUT2D eigenvalue weighted by Gasteiger charge is 2.13. The second kappa shape index (κ2) is 9.66. The molecule has 0 aliphatic carbocycles. The highest BCUT2D eigenvalue weighted by molar-refractivity contribution is 9.10. The minimum atomic E-state index is -0.332. The van der Waals surface area contributed by atoms with E-state index in [1.165, 1.54) is 11.3 Å². The van der Waals surface area contributed by atoms with Crippen molar-refractivity contribution in [2.75, 3.05) is 19.5 Å². The van der Waals surface area contributed by atoms with Gasteiger partial charge < -0.3 is 14.8 Å². The third-order valence-corrected chi connectivity index (χ3v) is 6.01. The molecule has 1 amide bonds. The summed E-state index contributed by atoms with van der Waals surface area (Å²) in [5.74, 6) is 1.06. The molecule has 0 unspecified atom stereocenters. The molecular formula is C19H15Br2N3O3S2. The van der Waals surface area contributed by atoms with Gasteiger partial charge in [0.05, 0.1) is 28.9 Å². The van der Waals surface area contributed by atoms with Gasteiger partial charge in [0.15, 0.2) is 10.2 Å². The Labute approximate surface area is 193 Å². The van der Waals surface area contributed by atoms with E-state index in [0.717, 1.165) is 21.5 Å². The number of rotatable bonds is 5. The minimum Gasteiger partial charge on any atom is -0.496 e. The average Bonchev–Trinajstić information content (AvgIpc) is 3.16. The fourth-order valence-corrected chi connectivity index (χ4v) is 4.46. The summed E-state index contributed by atoms with van der Waals surface area (Å²) in [6.07, 6.45) is 0. The van der Waals surface area contributed by atoms with Crippen molar-refractivity contribution < 1.29 is 14.3 Å². The number of hydrogen-bond donors (Lipinski definition) is 2. The summed E-state index contributed by atoms with van der Waals surface area (Å²) in [6.45, 7) is 0. The van der Waals surface area contributed by atoms with Gasteiger partial charge in [-0.05, 0) is 80.5 Å². The van der Waals surface area contributed by atoms with Gasteiger partial charge in [-0.1, -0.05) is 0 Å². The number of anilines is 1. The van der Waals surface area contributed by atoms with Gasteiger partial charge >= 0.3 is 0 Å². The van der Waals surface area contributed by atoms with Crippen molar-refractivity contribution in [1.29, 1.82) is 0 Å². The normalized spacial score (nSPS) is 10.3. The maximum atomic E-state index is 12.4. The van der Waals surface area contributed by atoms with Crippen molar-refractivity contribution in [1.82, 2.24) is 10.3 Å². The Hall–Kier alpha value is -2.01. The molecule has 0 saturated heterocycles. The molecule has 29 heavy (non-hydrogen) atoms. The van der Waals surface area contributed by atoms with Gasteiger partial charge in [0, 0.05) is 16.5 Å². The summed E-state index contributed by atoms with van der Waals surface area (Å²) < 4.78 is 11.9. The molecule has 10 heteroatoms. The molecule has 0 atom stereocenters. The highest BCUT2D eigenvalue weighted by atomic mass is 79.9. The fourth-order valence-electron chi connectivity index (χ4n) is 2.40. The number of amides is 1. The fraction of sp³-hybridized carbons (Fsp3) is 0.105. The van der Waals surface area contributed by atoms with E-state index in [-0.39, 0.29) is 11.0 Å². The summed E-state index contributed by atoms with van der Waals surface area (Å²) in [5, 5.41) is 8.23. The monoisotopic (exact) mass is 555 g/mol. The summed E-state index contributed by atoms with van der Waals surface area (Å²) in [6, 6.07) is 10.7. The van der Waals surface area contributed by atoms with Crippen LogP contribution in [0.1, 0.15) is 10.4 Å². The van der Waals surface area contributed by atoms with Crippen molar-refractivity contribution in [2.24, 2.45) is 0 Å². The number of carbonyl (C=O) groups excluding carboxylic acids is 1. The molecule has 0 bridgehead atoms. The second-order valence-electron chi connectivity index (χ2n) is 5.64. The molecule has 0 aliphatic rings. The lowest BCUT2D eigenvalue weighted by Crippen LogP contribution is -2.34. The molecule has 2 aromatic carbocycles. The van der Waals surface area contributed by atoms with E-state index in [4.69, 9.17) is 21.7 Å². The molecule has 0 radical (unpaired) electrons. The topological polar surface area (TPSA) is 72.5 Å². The number of ether oxygens (including phenoxy) is 2. The van der Waals surface area contributed by atoms with E-state index >= 15 is 0 Å². The van der Waals surface area contributed by atoms with Crippen molar-refractivity contribution in [3.05, 3.63) is 56.3 Å². The largest absolute Gasteiger partial charge is 0.496 e. The van der Waals surface area contributed by atoms with E-state index in [9.17, 15) is 4.79 Å². The third-order valence-electron chi connectivity index (χ3n) is 3.81. The molecule has 2 N–H and O–H groups in total. The number of benzene rings is 2. The summed E-state index contributed by atoms with van der Waals surface area (Å²) in [4.78, 5) is 16.9. The maximum absolute atomic E-state index is 12.4. The minimum absolute atomic E-state index is 0.166. The maximum Gasteiger partial charge on any atom is 0.257 e. The first kappa shape index (κ1) is 21.7. The number of carbonyl (C=O) groups is 1. The quantitative estimate of drug-likeness (QED) is 0.405. The van der Waals surface area contributed by atoms with Crippen LogP contribution in [0.15, 0.2) is 50.7 Å². The molecule has 1 aromatic heterocycles. The molecule has 3 rings (SSSR count). The lowest BCUT2D eigenvalue weighted by atomic mass is 10.2. The van der Waals surface area contributed by atoms with Crippen molar-refractivity contribution in [2.45, 2.75) is 0 Å². The van der Waals surface area contributed by atoms with Crippen LogP contribution in [0.2, 0.25) is 0 Å². The number of thiocarbonyl (C=S) groups is 1. The molecular weight excluding hydrogens is 542 g/mol. The van der Waals surface area contributed by atoms with E-state index in [2.05, 4.69) is 47.5 Å². The molecule has 3 aromatic rings. The van der Waals surface area contributed by atoms with Crippen LogP contribution >= 0.6 is 55.4 Å². The Morgan fingerprint density at radius 3 is 2.34 bits per heavy atom. The number of nitrogens with zero attached hydrogens (tertiary/aromatic N) is 1. The second-order valence-corrected chi connectivity index (χ2v) is 8.62. The Bertz CT molecular complexity index is 1070. The molecule has 1 heterocycles. The van der Waals surface area contributed by atoms with Gasteiger partial charge in [0.2, 0.25) is 0 Å². The van der Waals surface area contributed by atoms with Crippen LogP contribution in [0.5, 0.6) is 11.5 Å². The summed E-state index contributed by atoms with van der Waals surface area (Å²) in [7, 11) is 3.18. The van der Waals surface area contributed by atoms with Gasteiger partial charge in [-0.3, -0.25) is 10.1 Å². The van der Waals surface area contributed by atoms with Crippen molar-refractivity contribution in [3.63, 3.8) is 0 Å². The van der Waals surface area contributed by atoms with Gasteiger partial charge in [-0.15, -0.1) is 11.3 Å². The Kier molecular flexibility index (Phi) is 7.23. The van der Waals surface area contributed by atoms with Crippen molar-refractivity contribution >= 4 is 71.6 Å². The summed E-state index contributed by atoms with van der Waals surface area (Å²) >= 11 is 13.5. The smallest absolute Gasteiger partial charge is 0.257 e. The van der Waals surface area contributed by atoms with E-state index in [1.807, 2.05) is 23.6 Å². The zero-order chi connectivity index (χ0) is 21.0. The van der Waals surface area contributed by atoms with Crippen LogP contribution in [-0.4, -0.2) is 30.2 Å². The van der Waals surface area contributed by atoms with Crippen LogP contribution in [0.4, 0.5) is 5.13 Å². The van der Waals surface area contributed by atoms with E-state index in [0.29, 0.717) is 20.9 Å². The van der Waals surface area contributed by atoms with Crippen LogP contribution in [0, 0.1) is 0 Å². The van der Waals surface area contributed by atoms with Crippen LogP contribution < -0.4 is 20.1 Å². The van der Waals surface area contributed by atoms with Crippen LogP contribution in [0.25, 0.3) is 11.3 Å². The SMILES string of the molecule is COc1ccc(C(=O)NC(=S)Nc2nc(-c3ccc(OC)c(Br)c3)cs2)cc1Br. The Morgan fingerprint density at radius 1 is 1.07 bits per heavy atom. The Morgan fingerprint density at radius 2 is 1.72 bits per heavy atom. The number of halogens is 2. The zero-order valence-corrected chi connectivity index (χ0v) is 20.1. The molecule has 0 aliphatic heterocycles. The van der Waals surface area contributed by atoms with Crippen molar-refractivity contribution in [3.8, 4) is 22.8 Å². The number of aromatic nitrogens is 1. The highest BCUT2D eigenvalue weighted by Crippen LogP contribution is 2.32. The van der Waals surface area contributed by atoms with Crippen LogP contribution in [0.3, 0.4) is 0 Å². The predicted molar refractivity (Wildman–Crippen MR) is 126 cm³/mol. The molecule has 0 spiro atoms. The first-order chi connectivity index (χ1) is 13.9. The molecule has 0 fully saturated rings. The first-order valence-corrected chi connectivity index (χ1v) is 11.0. The Balaban J connectivity index is 1.65. The lowest BCUT2D eigenvalue weighted by Gasteiger charge is -2.09. The first-order valence-electron chi connectivity index (χ1n) is 8.16. The molecule has 6 nitrogen and oxygen atoms in total. The predicted octanol–water partition coefficient (Wildman–Crippen LogP) is 5.48.